The number of para-hydroxylation sites is 1. The summed E-state index contributed by atoms with van der Waals surface area (Å²) in [6.07, 6.45) is 8.60. The highest BCUT2D eigenvalue weighted by atomic mass is 35.5. The number of carbonyl (C=O) groups is 2. The molecule has 1 heterocycles. The summed E-state index contributed by atoms with van der Waals surface area (Å²) in [4.78, 5) is 32.0. The van der Waals surface area contributed by atoms with Crippen molar-refractivity contribution >= 4 is 23.4 Å². The summed E-state index contributed by atoms with van der Waals surface area (Å²) in [5.74, 6) is -0.0937. The van der Waals surface area contributed by atoms with Gasteiger partial charge in [0.1, 0.15) is 17.7 Å². The Hall–Kier alpha value is -2.60. The number of carbonyl (C=O) groups excluding carboxylic acids is 2. The number of hydrogen-bond donors (Lipinski definition) is 1. The van der Waals surface area contributed by atoms with Crippen LogP contribution in [0.5, 0.6) is 5.75 Å². The molecule has 6 nitrogen and oxygen atoms in total. The van der Waals surface area contributed by atoms with Gasteiger partial charge in [-0.05, 0) is 25.0 Å². The molecule has 1 aromatic heterocycles. The van der Waals surface area contributed by atoms with E-state index in [1.807, 2.05) is 30.3 Å². The quantitative estimate of drug-likeness (QED) is 0.647. The molecule has 0 saturated heterocycles. The number of halogens is 1. The molecule has 1 aliphatic rings. The largest absolute Gasteiger partial charge is 0.496 e. The molecule has 2 amide bonds. The van der Waals surface area contributed by atoms with E-state index in [4.69, 9.17) is 16.3 Å². The molecule has 1 saturated carbocycles. The first-order chi connectivity index (χ1) is 14.6. The van der Waals surface area contributed by atoms with E-state index in [-0.39, 0.29) is 30.3 Å². The van der Waals surface area contributed by atoms with Crippen molar-refractivity contribution in [2.24, 2.45) is 0 Å². The van der Waals surface area contributed by atoms with Crippen molar-refractivity contribution in [3.63, 3.8) is 0 Å². The van der Waals surface area contributed by atoms with E-state index in [0.29, 0.717) is 11.3 Å². The van der Waals surface area contributed by atoms with Crippen molar-refractivity contribution in [3.05, 3.63) is 59.9 Å². The van der Waals surface area contributed by atoms with E-state index in [1.165, 1.54) is 11.3 Å². The third-order valence-electron chi connectivity index (χ3n) is 5.48. The van der Waals surface area contributed by atoms with Crippen LogP contribution in [0.1, 0.15) is 49.3 Å². The third kappa shape index (κ3) is 5.51. The molecular weight excluding hydrogens is 402 g/mol. The predicted molar refractivity (Wildman–Crippen MR) is 116 cm³/mol. The van der Waals surface area contributed by atoms with Crippen molar-refractivity contribution < 1.29 is 14.3 Å². The zero-order valence-electron chi connectivity index (χ0n) is 17.2. The number of methoxy groups -OCH3 is 1. The van der Waals surface area contributed by atoms with Gasteiger partial charge in [-0.3, -0.25) is 14.6 Å². The minimum atomic E-state index is -0.822. The van der Waals surface area contributed by atoms with Gasteiger partial charge in [0.2, 0.25) is 11.8 Å². The first-order valence-corrected chi connectivity index (χ1v) is 10.8. The molecule has 0 radical (unpaired) electrons. The molecule has 160 valence electrons. The number of nitrogens with zero attached hydrogens (tertiary/aromatic N) is 2. The lowest BCUT2D eigenvalue weighted by molar-refractivity contribution is -0.140. The average molecular weight is 430 g/mol. The van der Waals surface area contributed by atoms with E-state index in [0.717, 1.165) is 31.2 Å². The van der Waals surface area contributed by atoms with Crippen LogP contribution in [-0.4, -0.2) is 40.7 Å². The van der Waals surface area contributed by atoms with Crippen LogP contribution in [0.4, 0.5) is 0 Å². The third-order valence-corrected chi connectivity index (χ3v) is 5.71. The van der Waals surface area contributed by atoms with Gasteiger partial charge in [0.05, 0.1) is 13.7 Å². The maximum atomic E-state index is 13.4. The molecule has 0 unspecified atom stereocenters. The number of nitrogens with one attached hydrogen (secondary N) is 1. The predicted octanol–water partition coefficient (Wildman–Crippen LogP) is 3.85. The van der Waals surface area contributed by atoms with Gasteiger partial charge in [-0.1, -0.05) is 43.5 Å². The van der Waals surface area contributed by atoms with Gasteiger partial charge >= 0.3 is 0 Å². The van der Waals surface area contributed by atoms with Gasteiger partial charge in [0.25, 0.3) is 0 Å². The number of hydrogen-bond acceptors (Lipinski definition) is 4. The summed E-state index contributed by atoms with van der Waals surface area (Å²) >= 11 is 5.94. The highest BCUT2D eigenvalue weighted by molar-refractivity contribution is 6.27. The fraction of sp³-hybridized carbons (Fsp3) is 0.435. The van der Waals surface area contributed by atoms with Crippen LogP contribution in [0.25, 0.3) is 0 Å². The molecule has 3 rings (SSSR count). The van der Waals surface area contributed by atoms with Gasteiger partial charge in [-0.15, -0.1) is 11.6 Å². The smallest absolute Gasteiger partial charge is 0.247 e. The Morgan fingerprint density at radius 3 is 2.63 bits per heavy atom. The van der Waals surface area contributed by atoms with Gasteiger partial charge in [-0.2, -0.15) is 0 Å². The van der Waals surface area contributed by atoms with Crippen LogP contribution in [0, 0.1) is 0 Å². The molecule has 1 aromatic carbocycles. The van der Waals surface area contributed by atoms with Crippen LogP contribution in [0.15, 0.2) is 48.8 Å². The summed E-state index contributed by atoms with van der Waals surface area (Å²) < 4.78 is 5.44. The summed E-state index contributed by atoms with van der Waals surface area (Å²) in [5, 5.41) is 3.16. The molecule has 7 heteroatoms. The molecule has 1 atom stereocenters. The number of pyridine rings is 1. The zero-order chi connectivity index (χ0) is 21.3. The molecule has 0 aliphatic heterocycles. The summed E-state index contributed by atoms with van der Waals surface area (Å²) in [5.41, 5.74) is 1.46. The number of benzene rings is 1. The number of rotatable bonds is 8. The van der Waals surface area contributed by atoms with Crippen LogP contribution in [0.2, 0.25) is 0 Å². The minimum absolute atomic E-state index is 0.129. The number of alkyl halides is 1. The highest BCUT2D eigenvalue weighted by Gasteiger charge is 2.33. The number of aromatic nitrogens is 1. The summed E-state index contributed by atoms with van der Waals surface area (Å²) in [7, 11) is 1.58. The zero-order valence-corrected chi connectivity index (χ0v) is 18.0. The Morgan fingerprint density at radius 2 is 1.97 bits per heavy atom. The number of amides is 2. The van der Waals surface area contributed by atoms with Crippen molar-refractivity contribution in [2.45, 2.75) is 50.7 Å². The molecule has 1 N–H and O–H groups in total. The second-order valence-electron chi connectivity index (χ2n) is 7.50. The second kappa shape index (κ2) is 11.0. The lowest BCUT2D eigenvalue weighted by Gasteiger charge is -2.33. The minimum Gasteiger partial charge on any atom is -0.496 e. The Bertz CT molecular complexity index is 841. The summed E-state index contributed by atoms with van der Waals surface area (Å²) in [6.45, 7) is 0.202. The van der Waals surface area contributed by atoms with Gasteiger partial charge in [0, 0.05) is 29.6 Å². The first kappa shape index (κ1) is 22.1. The van der Waals surface area contributed by atoms with Crippen LogP contribution < -0.4 is 10.1 Å². The monoisotopic (exact) mass is 429 g/mol. The van der Waals surface area contributed by atoms with Crippen molar-refractivity contribution in [2.75, 3.05) is 13.0 Å². The molecular formula is C23H28ClN3O3. The average Bonchev–Trinajstić information content (AvgIpc) is 2.79. The van der Waals surface area contributed by atoms with Crippen LogP contribution in [-0.2, 0) is 16.1 Å². The normalized spacial score (nSPS) is 15.3. The Morgan fingerprint density at radius 1 is 1.20 bits per heavy atom. The lowest BCUT2D eigenvalue weighted by Crippen LogP contribution is -2.47. The van der Waals surface area contributed by atoms with Gasteiger partial charge < -0.3 is 15.0 Å². The fourth-order valence-corrected chi connectivity index (χ4v) is 4.11. The molecule has 1 aliphatic carbocycles. The maximum absolute atomic E-state index is 13.4. The summed E-state index contributed by atoms with van der Waals surface area (Å²) in [6, 6.07) is 10.3. The van der Waals surface area contributed by atoms with Crippen molar-refractivity contribution in [3.8, 4) is 5.75 Å². The maximum Gasteiger partial charge on any atom is 0.247 e. The van der Waals surface area contributed by atoms with Crippen molar-refractivity contribution in [1.82, 2.24) is 15.2 Å². The number of ether oxygens (including phenoxy) is 1. The SMILES string of the molecule is COc1ccccc1CN(C(=O)CCl)[C@H](C(=O)NC1CCCCC1)c1cccnc1. The van der Waals surface area contributed by atoms with E-state index in [1.54, 1.807) is 25.6 Å². The van der Waals surface area contributed by atoms with E-state index >= 15 is 0 Å². The van der Waals surface area contributed by atoms with Gasteiger partial charge in [0.15, 0.2) is 0 Å². The topological polar surface area (TPSA) is 71.5 Å². The Labute approximate surface area is 182 Å². The van der Waals surface area contributed by atoms with E-state index in [2.05, 4.69) is 10.3 Å². The first-order valence-electron chi connectivity index (χ1n) is 10.3. The van der Waals surface area contributed by atoms with Crippen LogP contribution in [0.3, 0.4) is 0 Å². The van der Waals surface area contributed by atoms with Crippen molar-refractivity contribution in [1.29, 1.82) is 0 Å². The Balaban J connectivity index is 1.94. The van der Waals surface area contributed by atoms with E-state index in [9.17, 15) is 9.59 Å². The molecule has 2 aromatic rings. The molecule has 0 bridgehead atoms. The van der Waals surface area contributed by atoms with E-state index < -0.39 is 6.04 Å². The second-order valence-corrected chi connectivity index (χ2v) is 7.77. The fourth-order valence-electron chi connectivity index (χ4n) is 3.95. The molecule has 0 spiro atoms. The highest BCUT2D eigenvalue weighted by Crippen LogP contribution is 2.28. The van der Waals surface area contributed by atoms with Gasteiger partial charge in [-0.25, -0.2) is 0 Å². The molecule has 30 heavy (non-hydrogen) atoms. The Kier molecular flexibility index (Phi) is 8.08. The molecule has 1 fully saturated rings. The standard InChI is InChI=1S/C23H28ClN3O3/c1-30-20-12-6-5-8-18(20)16-27(21(28)14-24)22(17-9-7-13-25-15-17)23(29)26-19-10-3-2-4-11-19/h5-9,12-13,15,19,22H,2-4,10-11,14,16H2,1H3,(H,26,29)/t22-/m0/s1. The lowest BCUT2D eigenvalue weighted by atomic mass is 9.94. The van der Waals surface area contributed by atoms with Crippen LogP contribution >= 0.6 is 11.6 Å².